The van der Waals surface area contributed by atoms with E-state index in [9.17, 15) is 9.00 Å². The first kappa shape index (κ1) is 21.4. The number of rotatable bonds is 8. The molecule has 1 fully saturated rings. The lowest BCUT2D eigenvalue weighted by molar-refractivity contribution is -0.119. The summed E-state index contributed by atoms with van der Waals surface area (Å²) in [5.74, 6) is 1.29. The summed E-state index contributed by atoms with van der Waals surface area (Å²) in [5, 5.41) is 9.63. The zero-order chi connectivity index (χ0) is 19.5. The van der Waals surface area contributed by atoms with Crippen molar-refractivity contribution in [2.75, 3.05) is 25.9 Å². The minimum absolute atomic E-state index is 0.0533. The van der Waals surface area contributed by atoms with E-state index in [1.807, 2.05) is 25.1 Å². The molecule has 0 aliphatic heterocycles. The lowest BCUT2D eigenvalue weighted by Crippen LogP contribution is -2.49. The van der Waals surface area contributed by atoms with Crippen LogP contribution in [-0.4, -0.2) is 53.3 Å². The summed E-state index contributed by atoms with van der Waals surface area (Å²) in [6.07, 6.45) is 4.86. The molecule has 1 aliphatic rings. The molecule has 2 rings (SSSR count). The average Bonchev–Trinajstić information content (AvgIpc) is 2.71. The Morgan fingerprint density at radius 3 is 2.70 bits per heavy atom. The second kappa shape index (κ2) is 11.7. The van der Waals surface area contributed by atoms with Crippen molar-refractivity contribution < 1.29 is 9.00 Å². The molecular formula is C20H32N4O2S. The van der Waals surface area contributed by atoms with Crippen LogP contribution in [0.3, 0.4) is 0 Å². The van der Waals surface area contributed by atoms with E-state index in [0.29, 0.717) is 18.3 Å². The van der Waals surface area contributed by atoms with Crippen LogP contribution >= 0.6 is 0 Å². The Balaban J connectivity index is 1.68. The zero-order valence-electron chi connectivity index (χ0n) is 16.4. The van der Waals surface area contributed by atoms with Crippen molar-refractivity contribution >= 4 is 22.7 Å². The van der Waals surface area contributed by atoms with Gasteiger partial charge in [0.15, 0.2) is 5.96 Å². The van der Waals surface area contributed by atoms with Crippen molar-refractivity contribution in [1.29, 1.82) is 0 Å². The fraction of sp³-hybridized carbons (Fsp3) is 0.600. The highest BCUT2D eigenvalue weighted by molar-refractivity contribution is 7.85. The van der Waals surface area contributed by atoms with Gasteiger partial charge >= 0.3 is 0 Å². The van der Waals surface area contributed by atoms with Crippen molar-refractivity contribution in [2.45, 2.75) is 50.3 Å². The van der Waals surface area contributed by atoms with Crippen LogP contribution in [0.4, 0.5) is 0 Å². The van der Waals surface area contributed by atoms with Gasteiger partial charge in [-0.2, -0.15) is 0 Å². The smallest absolute Gasteiger partial charge is 0.239 e. The van der Waals surface area contributed by atoms with Crippen molar-refractivity contribution in [3.63, 3.8) is 0 Å². The number of benzene rings is 1. The number of carbonyl (C=O) groups is 1. The highest BCUT2D eigenvalue weighted by atomic mass is 32.2. The molecule has 0 saturated heterocycles. The number of amides is 1. The fourth-order valence-electron chi connectivity index (χ4n) is 3.36. The third kappa shape index (κ3) is 7.71. The van der Waals surface area contributed by atoms with Gasteiger partial charge in [-0.05, 0) is 31.2 Å². The Bertz CT molecular complexity index is 636. The molecule has 1 aromatic carbocycles. The maximum absolute atomic E-state index is 12.1. The molecule has 0 aromatic heterocycles. The third-order valence-electron chi connectivity index (χ3n) is 4.84. The molecule has 27 heavy (non-hydrogen) atoms. The van der Waals surface area contributed by atoms with E-state index in [1.54, 1.807) is 7.05 Å². The lowest BCUT2D eigenvalue weighted by Gasteiger charge is -2.30. The highest BCUT2D eigenvalue weighted by Crippen LogP contribution is 2.22. The van der Waals surface area contributed by atoms with Gasteiger partial charge in [0.1, 0.15) is 0 Å². The molecule has 1 aliphatic carbocycles. The molecule has 1 amide bonds. The third-order valence-corrected chi connectivity index (χ3v) is 6.58. The SMILES string of the molecule is CCS(=O)C1CCCC(NC(=NC)NCC(=O)NCCc2ccccc2)C1. The van der Waals surface area contributed by atoms with E-state index in [-0.39, 0.29) is 23.7 Å². The van der Waals surface area contributed by atoms with Gasteiger partial charge in [0.2, 0.25) is 5.91 Å². The van der Waals surface area contributed by atoms with Crippen LogP contribution in [0.15, 0.2) is 35.3 Å². The quantitative estimate of drug-likeness (QED) is 0.463. The van der Waals surface area contributed by atoms with Crippen LogP contribution in [0, 0.1) is 0 Å². The number of nitrogens with one attached hydrogen (secondary N) is 3. The van der Waals surface area contributed by atoms with Crippen molar-refractivity contribution in [1.82, 2.24) is 16.0 Å². The number of aliphatic imine (C=N–C) groups is 1. The van der Waals surface area contributed by atoms with Gasteiger partial charge in [0.25, 0.3) is 0 Å². The molecule has 1 saturated carbocycles. The van der Waals surface area contributed by atoms with E-state index >= 15 is 0 Å². The average molecular weight is 393 g/mol. The van der Waals surface area contributed by atoms with Gasteiger partial charge in [-0.3, -0.25) is 14.0 Å². The van der Waals surface area contributed by atoms with Gasteiger partial charge in [-0.1, -0.05) is 43.7 Å². The number of nitrogens with zero attached hydrogens (tertiary/aromatic N) is 1. The van der Waals surface area contributed by atoms with Crippen molar-refractivity contribution in [2.24, 2.45) is 4.99 Å². The molecule has 3 atom stereocenters. The minimum Gasteiger partial charge on any atom is -0.354 e. The van der Waals surface area contributed by atoms with Gasteiger partial charge < -0.3 is 16.0 Å². The van der Waals surface area contributed by atoms with Crippen molar-refractivity contribution in [3.05, 3.63) is 35.9 Å². The Morgan fingerprint density at radius 1 is 1.22 bits per heavy atom. The Hall–Kier alpha value is -1.89. The maximum Gasteiger partial charge on any atom is 0.239 e. The first-order valence-electron chi connectivity index (χ1n) is 9.77. The Morgan fingerprint density at radius 2 is 2.00 bits per heavy atom. The standard InChI is InChI=1S/C20H32N4O2S/c1-3-27(26)18-11-7-10-17(14-18)24-20(21-2)23-15-19(25)22-13-12-16-8-5-4-6-9-16/h4-6,8-9,17-18H,3,7,10-15H2,1-2H3,(H,22,25)(H2,21,23,24). The number of carbonyl (C=O) groups excluding carboxylic acids is 1. The molecule has 6 nitrogen and oxygen atoms in total. The summed E-state index contributed by atoms with van der Waals surface area (Å²) in [6, 6.07) is 10.4. The normalized spacial score (nSPS) is 21.3. The predicted octanol–water partition coefficient (Wildman–Crippen LogP) is 1.59. The first-order valence-corrected chi connectivity index (χ1v) is 11.2. The van der Waals surface area contributed by atoms with Crippen molar-refractivity contribution in [3.8, 4) is 0 Å². The first-order chi connectivity index (χ1) is 13.1. The Kier molecular flexibility index (Phi) is 9.31. The predicted molar refractivity (Wildman–Crippen MR) is 112 cm³/mol. The summed E-state index contributed by atoms with van der Waals surface area (Å²) >= 11 is 0. The van der Waals surface area contributed by atoms with Crippen LogP contribution < -0.4 is 16.0 Å². The van der Waals surface area contributed by atoms with Gasteiger partial charge in [-0.15, -0.1) is 0 Å². The van der Waals surface area contributed by atoms with E-state index in [2.05, 4.69) is 33.1 Å². The largest absolute Gasteiger partial charge is 0.354 e. The summed E-state index contributed by atoms with van der Waals surface area (Å²) in [6.45, 7) is 2.78. The van der Waals surface area contributed by atoms with E-state index in [0.717, 1.165) is 32.1 Å². The highest BCUT2D eigenvalue weighted by Gasteiger charge is 2.26. The van der Waals surface area contributed by atoms with Crippen LogP contribution in [0.5, 0.6) is 0 Å². The number of hydrogen-bond acceptors (Lipinski definition) is 3. The van der Waals surface area contributed by atoms with Crippen LogP contribution in [0.1, 0.15) is 38.2 Å². The van der Waals surface area contributed by atoms with E-state index in [4.69, 9.17) is 0 Å². The van der Waals surface area contributed by atoms with Gasteiger partial charge in [0.05, 0.1) is 6.54 Å². The summed E-state index contributed by atoms with van der Waals surface area (Å²) < 4.78 is 12.1. The molecule has 0 radical (unpaired) electrons. The minimum atomic E-state index is -0.746. The second-order valence-electron chi connectivity index (χ2n) is 6.81. The molecule has 0 heterocycles. The number of guanidine groups is 1. The molecule has 3 N–H and O–H groups in total. The summed E-state index contributed by atoms with van der Waals surface area (Å²) in [5.41, 5.74) is 1.21. The Labute approximate surface area is 165 Å². The summed E-state index contributed by atoms with van der Waals surface area (Å²) in [7, 11) is 0.955. The molecular weight excluding hydrogens is 360 g/mol. The second-order valence-corrected chi connectivity index (χ2v) is 8.82. The van der Waals surface area contributed by atoms with Crippen LogP contribution in [0.25, 0.3) is 0 Å². The molecule has 3 unspecified atom stereocenters. The van der Waals surface area contributed by atoms with Gasteiger partial charge in [-0.25, -0.2) is 0 Å². The summed E-state index contributed by atoms with van der Waals surface area (Å²) in [4.78, 5) is 16.2. The molecule has 7 heteroatoms. The van der Waals surface area contributed by atoms with Gasteiger partial charge in [0, 0.05) is 41.4 Å². The number of hydrogen-bond donors (Lipinski definition) is 3. The van der Waals surface area contributed by atoms with Crippen LogP contribution in [-0.2, 0) is 22.0 Å². The maximum atomic E-state index is 12.1. The molecule has 0 bridgehead atoms. The molecule has 1 aromatic rings. The molecule has 150 valence electrons. The zero-order valence-corrected chi connectivity index (χ0v) is 17.2. The van der Waals surface area contributed by atoms with E-state index in [1.165, 1.54) is 5.56 Å². The van der Waals surface area contributed by atoms with E-state index < -0.39 is 10.8 Å². The lowest BCUT2D eigenvalue weighted by atomic mass is 9.95. The fourth-order valence-corrected chi connectivity index (χ4v) is 4.70. The monoisotopic (exact) mass is 392 g/mol. The topological polar surface area (TPSA) is 82.6 Å². The molecule has 0 spiro atoms. The van der Waals surface area contributed by atoms with Crippen LogP contribution in [0.2, 0.25) is 0 Å².